The zero-order chi connectivity index (χ0) is 23.3. The third-order valence-corrected chi connectivity index (χ3v) is 4.23. The van der Waals surface area contributed by atoms with Crippen LogP contribution in [0.15, 0.2) is 18.2 Å². The minimum Gasteiger partial charge on any atom is -0.675 e. The largest absolute Gasteiger partial charge is 0.675 e. The molecule has 1 heterocycles. The first-order valence-electron chi connectivity index (χ1n) is 8.71. The van der Waals surface area contributed by atoms with E-state index in [-0.39, 0.29) is 25.4 Å². The van der Waals surface area contributed by atoms with Crippen LogP contribution in [0.4, 0.5) is 37.7 Å². The summed E-state index contributed by atoms with van der Waals surface area (Å²) < 4.78 is 82.5. The molecule has 1 aliphatic heterocycles. The van der Waals surface area contributed by atoms with Crippen LogP contribution in [0.25, 0.3) is 5.73 Å². The number of benzene rings is 1. The van der Waals surface area contributed by atoms with E-state index < -0.39 is 60.3 Å². The van der Waals surface area contributed by atoms with Gasteiger partial charge in [0.05, 0.1) is 12.6 Å². The number of hydrogen-bond acceptors (Lipinski definition) is 4. The van der Waals surface area contributed by atoms with E-state index in [2.05, 4.69) is 0 Å². The number of ether oxygens (including phenoxy) is 1. The molecule has 0 aromatic heterocycles. The van der Waals surface area contributed by atoms with Crippen LogP contribution in [0.5, 0.6) is 0 Å². The van der Waals surface area contributed by atoms with Gasteiger partial charge in [-0.1, -0.05) is 0 Å². The second-order valence-electron chi connectivity index (χ2n) is 6.31. The number of halogens is 6. The molecule has 3 amide bonds. The average Bonchev–Trinajstić information content (AvgIpc) is 2.72. The van der Waals surface area contributed by atoms with Crippen molar-refractivity contribution in [3.05, 3.63) is 29.5 Å². The van der Waals surface area contributed by atoms with Crippen LogP contribution < -0.4 is 15.5 Å². The highest BCUT2D eigenvalue weighted by Crippen LogP contribution is 2.32. The molecule has 0 radical (unpaired) electrons. The molecular formula is C17H17F6N4O4-. The van der Waals surface area contributed by atoms with Crippen molar-refractivity contribution in [3.63, 3.8) is 0 Å². The number of hydrogen-bond donors (Lipinski definition) is 2. The highest BCUT2D eigenvalue weighted by molar-refractivity contribution is 6.00. The molecule has 0 saturated carbocycles. The van der Waals surface area contributed by atoms with Gasteiger partial charge < -0.3 is 26.0 Å². The van der Waals surface area contributed by atoms with Crippen molar-refractivity contribution < 1.29 is 45.5 Å². The van der Waals surface area contributed by atoms with E-state index in [1.807, 2.05) is 5.32 Å². The number of alkyl halides is 6. The van der Waals surface area contributed by atoms with Gasteiger partial charge in [-0.3, -0.25) is 14.4 Å². The summed E-state index contributed by atoms with van der Waals surface area (Å²) in [6, 6.07) is 1.18. The molecule has 0 aliphatic carbocycles. The van der Waals surface area contributed by atoms with Crippen molar-refractivity contribution in [3.8, 4) is 0 Å². The van der Waals surface area contributed by atoms with Gasteiger partial charge in [-0.05, 0) is 18.2 Å². The lowest BCUT2D eigenvalue weighted by Crippen LogP contribution is -2.53. The molecule has 1 aromatic carbocycles. The van der Waals surface area contributed by atoms with Gasteiger partial charge in [0.15, 0.2) is 0 Å². The molecule has 1 atom stereocenters. The van der Waals surface area contributed by atoms with Crippen LogP contribution in [0.3, 0.4) is 0 Å². The predicted molar refractivity (Wildman–Crippen MR) is 95.3 cm³/mol. The lowest BCUT2D eigenvalue weighted by atomic mass is 10.1. The zero-order valence-electron chi connectivity index (χ0n) is 15.6. The Labute approximate surface area is 171 Å². The molecule has 3 N–H and O–H groups in total. The standard InChI is InChI=1S/C17H17F6N4O4/c18-13(19)9-5-8(27-3-4-31-7-12(27)28)1-2-10(9)25-14(29)11(6-24)26-16(30)17(22,23)15(20)21/h1-2,5,11,13,15,24H,3-4,6-7H2,(H,25,29)(H,26,30)/q-1/t11-/m0/s1. The van der Waals surface area contributed by atoms with Gasteiger partial charge in [-0.25, -0.2) is 17.6 Å². The molecule has 8 nitrogen and oxygen atoms in total. The Morgan fingerprint density at radius 3 is 2.45 bits per heavy atom. The van der Waals surface area contributed by atoms with Gasteiger partial charge in [0.2, 0.25) is 5.91 Å². The maximum absolute atomic E-state index is 13.5. The Kier molecular flexibility index (Phi) is 7.84. The molecule has 2 rings (SSSR count). The van der Waals surface area contributed by atoms with Crippen LogP contribution in [0, 0.1) is 0 Å². The molecular weight excluding hydrogens is 438 g/mol. The van der Waals surface area contributed by atoms with E-state index in [0.29, 0.717) is 0 Å². The Hall–Kier alpha value is -2.87. The zero-order valence-corrected chi connectivity index (χ0v) is 15.6. The smallest absolute Gasteiger partial charge is 0.383 e. The number of nitrogens with one attached hydrogen (secondary N) is 3. The number of anilines is 2. The van der Waals surface area contributed by atoms with Crippen molar-refractivity contribution in [2.24, 2.45) is 0 Å². The van der Waals surface area contributed by atoms with Gasteiger partial charge in [-0.2, -0.15) is 8.78 Å². The van der Waals surface area contributed by atoms with Gasteiger partial charge in [0, 0.05) is 23.5 Å². The molecule has 1 aromatic rings. The minimum atomic E-state index is -5.10. The second kappa shape index (κ2) is 9.96. The summed E-state index contributed by atoms with van der Waals surface area (Å²) in [6.45, 7) is -0.973. The summed E-state index contributed by atoms with van der Waals surface area (Å²) in [4.78, 5) is 36.5. The van der Waals surface area contributed by atoms with Gasteiger partial charge in [-0.15, -0.1) is 6.54 Å². The van der Waals surface area contributed by atoms with E-state index in [0.717, 1.165) is 12.1 Å². The highest BCUT2D eigenvalue weighted by atomic mass is 19.3. The van der Waals surface area contributed by atoms with Gasteiger partial charge >= 0.3 is 12.3 Å². The van der Waals surface area contributed by atoms with Gasteiger partial charge in [0.25, 0.3) is 18.2 Å². The van der Waals surface area contributed by atoms with Crippen LogP contribution in [-0.4, -0.2) is 62.4 Å². The Bertz CT molecular complexity index is 839. The first kappa shape index (κ1) is 24.4. The first-order valence-corrected chi connectivity index (χ1v) is 8.71. The van der Waals surface area contributed by atoms with Crippen molar-refractivity contribution in [2.45, 2.75) is 24.8 Å². The molecule has 1 saturated heterocycles. The summed E-state index contributed by atoms with van der Waals surface area (Å²) >= 11 is 0. The predicted octanol–water partition coefficient (Wildman–Crippen LogP) is 2.36. The lowest BCUT2D eigenvalue weighted by Gasteiger charge is -2.28. The van der Waals surface area contributed by atoms with Crippen LogP contribution in [0.2, 0.25) is 0 Å². The molecule has 1 fully saturated rings. The summed E-state index contributed by atoms with van der Waals surface area (Å²) in [7, 11) is 0. The summed E-state index contributed by atoms with van der Waals surface area (Å²) in [6.07, 6.45) is -7.47. The molecule has 1 aliphatic rings. The quantitative estimate of drug-likeness (QED) is 0.587. The Morgan fingerprint density at radius 1 is 1.23 bits per heavy atom. The average molecular weight is 455 g/mol. The topological polar surface area (TPSA) is 112 Å². The second-order valence-corrected chi connectivity index (χ2v) is 6.31. The molecule has 0 unspecified atom stereocenters. The molecule has 14 heteroatoms. The fraction of sp³-hybridized carbons (Fsp3) is 0.471. The van der Waals surface area contributed by atoms with Crippen molar-refractivity contribution in [2.75, 3.05) is 36.5 Å². The van der Waals surface area contributed by atoms with Gasteiger partial charge in [0.1, 0.15) is 6.61 Å². The summed E-state index contributed by atoms with van der Waals surface area (Å²) in [5.74, 6) is -9.40. The Balaban J connectivity index is 2.20. The normalized spacial score (nSPS) is 15.9. The number of nitrogens with zero attached hydrogens (tertiary/aromatic N) is 1. The SMILES string of the molecule is [NH-]C[C@H](NC(=O)C(F)(F)C(F)F)C(=O)Nc1ccc(N2CCOCC2=O)cc1C(F)F. The number of amides is 3. The van der Waals surface area contributed by atoms with Crippen molar-refractivity contribution in [1.82, 2.24) is 5.32 Å². The van der Waals surface area contributed by atoms with E-state index >= 15 is 0 Å². The number of rotatable bonds is 8. The minimum absolute atomic E-state index is 0.100. The highest BCUT2D eigenvalue weighted by Gasteiger charge is 2.49. The Morgan fingerprint density at radius 2 is 1.90 bits per heavy atom. The van der Waals surface area contributed by atoms with E-state index in [4.69, 9.17) is 10.5 Å². The molecule has 31 heavy (non-hydrogen) atoms. The first-order chi connectivity index (χ1) is 14.5. The summed E-state index contributed by atoms with van der Waals surface area (Å²) in [5.41, 5.74) is 6.08. The van der Waals surface area contributed by atoms with Crippen LogP contribution in [-0.2, 0) is 19.1 Å². The lowest BCUT2D eigenvalue weighted by molar-refractivity contribution is -0.170. The van der Waals surface area contributed by atoms with E-state index in [1.165, 1.54) is 16.3 Å². The number of carbonyl (C=O) groups excluding carboxylic acids is 3. The van der Waals surface area contributed by atoms with Crippen molar-refractivity contribution >= 4 is 29.1 Å². The molecule has 0 bridgehead atoms. The van der Waals surface area contributed by atoms with E-state index in [9.17, 15) is 40.7 Å². The third kappa shape index (κ3) is 5.64. The fourth-order valence-corrected chi connectivity index (χ4v) is 2.59. The number of carbonyl (C=O) groups is 3. The molecule has 172 valence electrons. The number of morpholine rings is 1. The fourth-order valence-electron chi connectivity index (χ4n) is 2.59. The maximum Gasteiger partial charge on any atom is 0.383 e. The monoisotopic (exact) mass is 455 g/mol. The van der Waals surface area contributed by atoms with Crippen molar-refractivity contribution in [1.29, 1.82) is 0 Å². The van der Waals surface area contributed by atoms with Crippen LogP contribution in [0.1, 0.15) is 12.0 Å². The molecule has 0 spiro atoms. The van der Waals surface area contributed by atoms with E-state index in [1.54, 1.807) is 0 Å². The summed E-state index contributed by atoms with van der Waals surface area (Å²) in [5, 5.41) is 3.26. The van der Waals surface area contributed by atoms with Crippen LogP contribution >= 0.6 is 0 Å². The third-order valence-electron chi connectivity index (χ3n) is 4.23. The maximum atomic E-state index is 13.5.